The molecule has 18 heavy (non-hydrogen) atoms. The molecule has 2 aromatic rings. The van der Waals surface area contributed by atoms with Gasteiger partial charge in [-0.1, -0.05) is 0 Å². The highest BCUT2D eigenvalue weighted by Gasteiger charge is 2.24. The molecule has 1 aromatic carbocycles. The maximum absolute atomic E-state index is 5.40. The van der Waals surface area contributed by atoms with Crippen LogP contribution in [0.5, 0.6) is 5.75 Å². The highest BCUT2D eigenvalue weighted by Crippen LogP contribution is 2.38. The molecule has 1 unspecified atom stereocenters. The van der Waals surface area contributed by atoms with Crippen LogP contribution in [0.2, 0.25) is 0 Å². The first kappa shape index (κ1) is 11.6. The van der Waals surface area contributed by atoms with Crippen molar-refractivity contribution >= 4 is 10.9 Å². The lowest BCUT2D eigenvalue weighted by molar-refractivity contribution is 0.415. The number of aromatic amines is 1. The van der Waals surface area contributed by atoms with Crippen LogP contribution in [0.25, 0.3) is 10.9 Å². The third kappa shape index (κ3) is 1.62. The Morgan fingerprint density at radius 2 is 2.22 bits per heavy atom. The van der Waals surface area contributed by atoms with Gasteiger partial charge in [0.05, 0.1) is 7.11 Å². The number of benzene rings is 1. The van der Waals surface area contributed by atoms with E-state index < -0.39 is 0 Å². The third-order valence-electron chi connectivity index (χ3n) is 4.05. The van der Waals surface area contributed by atoms with Gasteiger partial charge >= 0.3 is 0 Å². The van der Waals surface area contributed by atoms with Gasteiger partial charge in [0.2, 0.25) is 0 Å². The van der Waals surface area contributed by atoms with E-state index in [0.717, 1.165) is 12.2 Å². The van der Waals surface area contributed by atoms with Crippen LogP contribution in [0.15, 0.2) is 12.1 Å². The summed E-state index contributed by atoms with van der Waals surface area (Å²) in [5.41, 5.74) is 5.37. The van der Waals surface area contributed by atoms with Gasteiger partial charge in [-0.15, -0.1) is 0 Å². The van der Waals surface area contributed by atoms with Crippen molar-refractivity contribution in [1.82, 2.24) is 10.3 Å². The van der Waals surface area contributed by atoms with E-state index in [9.17, 15) is 0 Å². The van der Waals surface area contributed by atoms with Gasteiger partial charge in [0.1, 0.15) is 5.75 Å². The van der Waals surface area contributed by atoms with E-state index in [1.807, 2.05) is 7.05 Å². The molecule has 2 N–H and O–H groups in total. The highest BCUT2D eigenvalue weighted by molar-refractivity contribution is 5.89. The summed E-state index contributed by atoms with van der Waals surface area (Å²) >= 11 is 0. The van der Waals surface area contributed by atoms with Crippen molar-refractivity contribution in [2.24, 2.45) is 0 Å². The van der Waals surface area contributed by atoms with Gasteiger partial charge < -0.3 is 15.0 Å². The first-order chi connectivity index (χ1) is 8.74. The van der Waals surface area contributed by atoms with Gasteiger partial charge in [-0.3, -0.25) is 0 Å². The molecule has 1 aromatic heterocycles. The zero-order valence-electron chi connectivity index (χ0n) is 11.3. The largest absolute Gasteiger partial charge is 0.497 e. The van der Waals surface area contributed by atoms with Gasteiger partial charge in [-0.25, -0.2) is 0 Å². The second-order valence-corrected chi connectivity index (χ2v) is 5.12. The molecule has 96 valence electrons. The molecule has 0 saturated heterocycles. The minimum absolute atomic E-state index is 0.467. The molecule has 1 atom stereocenters. The molecule has 0 radical (unpaired) electrons. The first-order valence-corrected chi connectivity index (χ1v) is 6.61. The van der Waals surface area contributed by atoms with Gasteiger partial charge in [-0.05, 0) is 56.5 Å². The molecule has 3 rings (SSSR count). The number of hydrogen-bond donors (Lipinski definition) is 2. The van der Waals surface area contributed by atoms with E-state index in [-0.39, 0.29) is 0 Å². The maximum atomic E-state index is 5.40. The number of nitrogens with one attached hydrogen (secondary N) is 2. The summed E-state index contributed by atoms with van der Waals surface area (Å²) in [5, 5.41) is 4.75. The van der Waals surface area contributed by atoms with Crippen molar-refractivity contribution in [3.63, 3.8) is 0 Å². The predicted octanol–water partition coefficient (Wildman–Crippen LogP) is 3.08. The van der Waals surface area contributed by atoms with Crippen LogP contribution >= 0.6 is 0 Å². The number of aryl methyl sites for hydroxylation is 2. The molecular formula is C15H20N2O. The lowest BCUT2D eigenvalue weighted by Crippen LogP contribution is -2.20. The third-order valence-corrected chi connectivity index (χ3v) is 4.05. The Kier molecular flexibility index (Phi) is 2.78. The second kappa shape index (κ2) is 4.32. The number of methoxy groups -OCH3 is 1. The Balaban J connectivity index is 2.29. The standard InChI is InChI=1S/C15H20N2O/c1-9-7-10(18-3)8-11-14-12(16-2)5-4-6-13(14)17-15(9)11/h7-8,12,16-17H,4-6H2,1-3H3. The number of H-pyrrole nitrogens is 1. The average Bonchev–Trinajstić information content (AvgIpc) is 2.77. The Bertz CT molecular complexity index is 586. The van der Waals surface area contributed by atoms with E-state index >= 15 is 0 Å². The molecule has 0 amide bonds. The van der Waals surface area contributed by atoms with Crippen molar-refractivity contribution in [3.05, 3.63) is 29.0 Å². The molecule has 0 aliphatic heterocycles. The van der Waals surface area contributed by atoms with Gasteiger partial charge in [0.15, 0.2) is 0 Å². The number of aromatic nitrogens is 1. The quantitative estimate of drug-likeness (QED) is 0.851. The molecule has 1 aliphatic carbocycles. The van der Waals surface area contributed by atoms with Crippen LogP contribution < -0.4 is 10.1 Å². The minimum Gasteiger partial charge on any atom is -0.497 e. The van der Waals surface area contributed by atoms with Crippen LogP contribution in [-0.2, 0) is 6.42 Å². The monoisotopic (exact) mass is 244 g/mol. The topological polar surface area (TPSA) is 37.0 Å². The SMILES string of the molecule is CNC1CCCc2[nH]c3c(C)cc(OC)cc3c21. The summed E-state index contributed by atoms with van der Waals surface area (Å²) in [6.45, 7) is 2.14. The van der Waals surface area contributed by atoms with Crippen molar-refractivity contribution in [1.29, 1.82) is 0 Å². The number of hydrogen-bond acceptors (Lipinski definition) is 2. The first-order valence-electron chi connectivity index (χ1n) is 6.61. The zero-order valence-corrected chi connectivity index (χ0v) is 11.3. The fraction of sp³-hybridized carbons (Fsp3) is 0.467. The second-order valence-electron chi connectivity index (χ2n) is 5.12. The molecule has 0 bridgehead atoms. The van der Waals surface area contributed by atoms with Crippen molar-refractivity contribution < 1.29 is 4.74 Å². The van der Waals surface area contributed by atoms with Gasteiger partial charge in [0.25, 0.3) is 0 Å². The van der Waals surface area contributed by atoms with Crippen LogP contribution in [0, 0.1) is 6.92 Å². The average molecular weight is 244 g/mol. The number of rotatable bonds is 2. The fourth-order valence-corrected chi connectivity index (χ4v) is 3.14. The highest BCUT2D eigenvalue weighted by atomic mass is 16.5. The Labute approximate surface area is 108 Å². The minimum atomic E-state index is 0.467. The van der Waals surface area contributed by atoms with Crippen molar-refractivity contribution in [3.8, 4) is 5.75 Å². The molecule has 0 saturated carbocycles. The summed E-state index contributed by atoms with van der Waals surface area (Å²) in [5.74, 6) is 0.947. The van der Waals surface area contributed by atoms with Crippen molar-refractivity contribution in [2.75, 3.05) is 14.2 Å². The fourth-order valence-electron chi connectivity index (χ4n) is 3.14. The van der Waals surface area contributed by atoms with Crippen LogP contribution in [0.3, 0.4) is 0 Å². The lowest BCUT2D eigenvalue weighted by Gasteiger charge is -2.22. The molecule has 0 fully saturated rings. The molecular weight excluding hydrogens is 224 g/mol. The molecule has 0 spiro atoms. The molecule has 1 aliphatic rings. The summed E-state index contributed by atoms with van der Waals surface area (Å²) < 4.78 is 5.40. The lowest BCUT2D eigenvalue weighted by atomic mass is 9.90. The molecule has 3 heteroatoms. The van der Waals surface area contributed by atoms with Crippen LogP contribution in [-0.4, -0.2) is 19.1 Å². The Morgan fingerprint density at radius 3 is 2.94 bits per heavy atom. The number of fused-ring (bicyclic) bond motifs is 3. The molecule has 1 heterocycles. The summed E-state index contributed by atoms with van der Waals surface area (Å²) in [6, 6.07) is 4.72. The maximum Gasteiger partial charge on any atom is 0.119 e. The Hall–Kier alpha value is -1.48. The normalized spacial score (nSPS) is 18.9. The van der Waals surface area contributed by atoms with E-state index in [2.05, 4.69) is 29.4 Å². The zero-order chi connectivity index (χ0) is 12.7. The van der Waals surface area contributed by atoms with E-state index in [1.54, 1.807) is 7.11 Å². The van der Waals surface area contributed by atoms with Crippen molar-refractivity contribution in [2.45, 2.75) is 32.2 Å². The predicted molar refractivity (Wildman–Crippen MR) is 74.3 cm³/mol. The van der Waals surface area contributed by atoms with Gasteiger partial charge in [0, 0.05) is 22.6 Å². The molecule has 3 nitrogen and oxygen atoms in total. The van der Waals surface area contributed by atoms with Gasteiger partial charge in [-0.2, -0.15) is 0 Å². The van der Waals surface area contributed by atoms with Crippen LogP contribution in [0.4, 0.5) is 0 Å². The van der Waals surface area contributed by atoms with E-state index in [0.29, 0.717) is 6.04 Å². The summed E-state index contributed by atoms with van der Waals surface area (Å²) in [4.78, 5) is 3.60. The number of ether oxygens (including phenoxy) is 1. The van der Waals surface area contributed by atoms with E-state index in [1.165, 1.54) is 40.6 Å². The summed E-state index contributed by atoms with van der Waals surface area (Å²) in [7, 11) is 3.78. The Morgan fingerprint density at radius 1 is 1.39 bits per heavy atom. The summed E-state index contributed by atoms with van der Waals surface area (Å²) in [6.07, 6.45) is 3.62. The van der Waals surface area contributed by atoms with Crippen LogP contribution in [0.1, 0.15) is 35.7 Å². The van der Waals surface area contributed by atoms with E-state index in [4.69, 9.17) is 4.74 Å². The smallest absolute Gasteiger partial charge is 0.119 e.